The highest BCUT2D eigenvalue weighted by Crippen LogP contribution is 2.44. The zero-order chi connectivity index (χ0) is 23.6. The van der Waals surface area contributed by atoms with Crippen molar-refractivity contribution in [1.29, 1.82) is 0 Å². The van der Waals surface area contributed by atoms with E-state index in [1.54, 1.807) is 6.07 Å². The highest BCUT2D eigenvalue weighted by atomic mass is 19.2. The van der Waals surface area contributed by atoms with Crippen molar-refractivity contribution in [1.82, 2.24) is 10.2 Å². The summed E-state index contributed by atoms with van der Waals surface area (Å²) in [7, 11) is 4.25. The van der Waals surface area contributed by atoms with Gasteiger partial charge in [-0.15, -0.1) is 0 Å². The lowest BCUT2D eigenvalue weighted by Crippen LogP contribution is -2.44. The van der Waals surface area contributed by atoms with Crippen molar-refractivity contribution in [3.05, 3.63) is 65.2 Å². The number of hydrogen-bond acceptors (Lipinski definition) is 4. The van der Waals surface area contributed by atoms with Gasteiger partial charge in [0.15, 0.2) is 11.6 Å². The third kappa shape index (κ3) is 5.04. The molecule has 0 aromatic heterocycles. The monoisotopic (exact) mass is 458 g/mol. The van der Waals surface area contributed by atoms with Crippen LogP contribution in [0.25, 0.3) is 0 Å². The number of carbonyl (C=O) groups is 1. The zero-order valence-corrected chi connectivity index (χ0v) is 19.2. The number of carboxylic acids is 1. The Kier molecular flexibility index (Phi) is 7.00. The molecule has 2 aliphatic rings. The maximum Gasteiger partial charge on any atom is 0.320 e. The van der Waals surface area contributed by atoms with Crippen LogP contribution >= 0.6 is 0 Å². The Bertz CT molecular complexity index is 975. The molecule has 1 saturated carbocycles. The molecule has 2 N–H and O–H groups in total. The summed E-state index contributed by atoms with van der Waals surface area (Å²) >= 11 is 0. The van der Waals surface area contributed by atoms with E-state index in [1.165, 1.54) is 11.6 Å². The number of aliphatic carboxylic acids is 1. The minimum Gasteiger partial charge on any atom is -0.486 e. The minimum absolute atomic E-state index is 0.00374. The molecule has 178 valence electrons. The van der Waals surface area contributed by atoms with Gasteiger partial charge in [0.25, 0.3) is 0 Å². The van der Waals surface area contributed by atoms with Gasteiger partial charge in [0.2, 0.25) is 5.82 Å². The van der Waals surface area contributed by atoms with Crippen LogP contribution in [0.15, 0.2) is 42.5 Å². The van der Waals surface area contributed by atoms with Gasteiger partial charge in [0, 0.05) is 18.5 Å². The summed E-state index contributed by atoms with van der Waals surface area (Å²) < 4.78 is 34.4. The molecule has 5 nitrogen and oxygen atoms in total. The third-order valence-electron chi connectivity index (χ3n) is 7.36. The van der Waals surface area contributed by atoms with Crippen LogP contribution in [0.5, 0.6) is 5.75 Å². The quantitative estimate of drug-likeness (QED) is 0.646. The van der Waals surface area contributed by atoms with Gasteiger partial charge < -0.3 is 15.2 Å². The van der Waals surface area contributed by atoms with Crippen molar-refractivity contribution in [2.45, 2.75) is 56.2 Å². The first-order valence-corrected chi connectivity index (χ1v) is 11.6. The molecule has 0 amide bonds. The van der Waals surface area contributed by atoms with Crippen LogP contribution in [-0.2, 0) is 16.8 Å². The first-order chi connectivity index (χ1) is 15.8. The lowest BCUT2D eigenvalue weighted by atomic mass is 9.70. The molecule has 1 saturated heterocycles. The predicted molar refractivity (Wildman–Crippen MR) is 122 cm³/mol. The molecule has 2 fully saturated rings. The summed E-state index contributed by atoms with van der Waals surface area (Å²) in [4.78, 5) is 13.4. The Morgan fingerprint density at radius 1 is 1.18 bits per heavy atom. The Morgan fingerprint density at radius 3 is 2.48 bits per heavy atom. The Hall–Kier alpha value is -2.51. The van der Waals surface area contributed by atoms with Crippen LogP contribution in [0, 0.1) is 17.6 Å². The summed E-state index contributed by atoms with van der Waals surface area (Å²) in [5.41, 5.74) is 2.03. The maximum absolute atomic E-state index is 14.4. The number of nitrogens with one attached hydrogen (secondary N) is 1. The van der Waals surface area contributed by atoms with E-state index in [2.05, 4.69) is 48.6 Å². The smallest absolute Gasteiger partial charge is 0.320 e. The third-order valence-corrected chi connectivity index (χ3v) is 7.36. The first kappa shape index (κ1) is 23.6. The predicted octanol–water partition coefficient (Wildman–Crippen LogP) is 4.35. The topological polar surface area (TPSA) is 61.8 Å². The summed E-state index contributed by atoms with van der Waals surface area (Å²) in [5, 5.41) is 11.9. The van der Waals surface area contributed by atoms with Crippen molar-refractivity contribution < 1.29 is 23.4 Å². The van der Waals surface area contributed by atoms with Gasteiger partial charge in [0.05, 0.1) is 0 Å². The fourth-order valence-electron chi connectivity index (χ4n) is 5.42. The van der Waals surface area contributed by atoms with Gasteiger partial charge in [0.1, 0.15) is 12.1 Å². The van der Waals surface area contributed by atoms with Crippen molar-refractivity contribution in [2.75, 3.05) is 20.6 Å². The molecule has 0 radical (unpaired) electrons. The molecule has 2 aromatic carbocycles. The highest BCUT2D eigenvalue weighted by Gasteiger charge is 2.38. The maximum atomic E-state index is 14.4. The fraction of sp³-hybridized carbons (Fsp3) is 0.500. The Morgan fingerprint density at radius 2 is 1.88 bits per heavy atom. The molecule has 1 aliphatic heterocycles. The van der Waals surface area contributed by atoms with Crippen molar-refractivity contribution in [3.8, 4) is 5.75 Å². The summed E-state index contributed by atoms with van der Waals surface area (Å²) in [5.74, 6) is -2.67. The second kappa shape index (κ2) is 9.77. The first-order valence-electron chi connectivity index (χ1n) is 11.6. The van der Waals surface area contributed by atoms with Crippen molar-refractivity contribution in [2.24, 2.45) is 5.92 Å². The molecular weight excluding hydrogens is 426 g/mol. The van der Waals surface area contributed by atoms with Crippen LogP contribution in [0.4, 0.5) is 8.78 Å². The average Bonchev–Trinajstić information content (AvgIpc) is 3.27. The van der Waals surface area contributed by atoms with Gasteiger partial charge >= 0.3 is 5.97 Å². The van der Waals surface area contributed by atoms with Crippen molar-refractivity contribution >= 4 is 5.97 Å². The molecule has 2 atom stereocenters. The lowest BCUT2D eigenvalue weighted by Gasteiger charge is -2.45. The molecule has 2 aromatic rings. The number of carboxylic acid groups (broad SMARTS) is 1. The lowest BCUT2D eigenvalue weighted by molar-refractivity contribution is -0.139. The van der Waals surface area contributed by atoms with E-state index >= 15 is 0 Å². The van der Waals surface area contributed by atoms with E-state index in [9.17, 15) is 13.6 Å². The van der Waals surface area contributed by atoms with Crippen LogP contribution in [0.2, 0.25) is 0 Å². The number of hydrogen-bond donors (Lipinski definition) is 2. The molecule has 1 heterocycles. The molecule has 33 heavy (non-hydrogen) atoms. The van der Waals surface area contributed by atoms with E-state index in [1.807, 2.05) is 6.07 Å². The van der Waals surface area contributed by atoms with Gasteiger partial charge in [-0.25, -0.2) is 4.39 Å². The molecule has 1 aliphatic carbocycles. The molecular formula is C26H32F2N2O3. The van der Waals surface area contributed by atoms with Crippen LogP contribution in [0.3, 0.4) is 0 Å². The number of halogens is 2. The molecule has 0 spiro atoms. The summed E-state index contributed by atoms with van der Waals surface area (Å²) in [6.45, 7) is 0.289. The number of benzene rings is 2. The van der Waals surface area contributed by atoms with E-state index in [4.69, 9.17) is 9.84 Å². The average molecular weight is 459 g/mol. The highest BCUT2D eigenvalue weighted by molar-refractivity contribution is 5.73. The van der Waals surface area contributed by atoms with E-state index < -0.39 is 29.7 Å². The van der Waals surface area contributed by atoms with E-state index in [-0.39, 0.29) is 24.3 Å². The van der Waals surface area contributed by atoms with Crippen molar-refractivity contribution in [3.63, 3.8) is 0 Å². The number of ether oxygens (including phenoxy) is 1. The van der Waals surface area contributed by atoms with E-state index in [0.717, 1.165) is 25.7 Å². The normalized spacial score (nSPS) is 27.6. The van der Waals surface area contributed by atoms with Crippen LogP contribution in [-0.4, -0.2) is 48.8 Å². The largest absolute Gasteiger partial charge is 0.486 e. The Balaban J connectivity index is 1.43. The van der Waals surface area contributed by atoms with Gasteiger partial charge in [-0.3, -0.25) is 9.69 Å². The van der Waals surface area contributed by atoms with E-state index in [0.29, 0.717) is 17.9 Å². The van der Waals surface area contributed by atoms with Crippen LogP contribution < -0.4 is 10.1 Å². The zero-order valence-electron chi connectivity index (χ0n) is 19.2. The molecule has 4 rings (SSSR count). The standard InChI is InChI=1S/C26H32F2N2O3/c1-30(2)26(19-6-4-3-5-7-19)10-8-17(9-11-26)12-18-13-21(27)24(28)23(14-18)33-20-15-22(25(31)32)29-16-20/h3-7,13-14,17,20,22,29H,8-12,15-16H2,1-2H3,(H,31,32)/t17?,20-,22-,26?/m0/s1. The van der Waals surface area contributed by atoms with Crippen LogP contribution in [0.1, 0.15) is 43.2 Å². The Labute approximate surface area is 193 Å². The molecule has 0 bridgehead atoms. The second-order valence-corrected chi connectivity index (χ2v) is 9.60. The fourth-order valence-corrected chi connectivity index (χ4v) is 5.42. The minimum atomic E-state index is -1.02. The summed E-state index contributed by atoms with van der Waals surface area (Å²) in [6, 6.07) is 12.7. The van der Waals surface area contributed by atoms with Gasteiger partial charge in [-0.05, 0) is 75.4 Å². The molecule has 7 heteroatoms. The number of rotatable bonds is 7. The summed E-state index contributed by atoms with van der Waals surface area (Å²) in [6.07, 6.45) is 4.38. The number of nitrogens with zero attached hydrogens (tertiary/aromatic N) is 1. The molecule has 0 unspecified atom stereocenters. The SMILES string of the molecule is CN(C)C1(c2ccccc2)CCC(Cc2cc(F)c(F)c(O[C@@H]3CN[C@H](C(=O)O)C3)c2)CC1. The second-order valence-electron chi connectivity index (χ2n) is 9.60. The van der Waals surface area contributed by atoms with Gasteiger partial charge in [-0.1, -0.05) is 30.3 Å². The van der Waals surface area contributed by atoms with Gasteiger partial charge in [-0.2, -0.15) is 4.39 Å².